The van der Waals surface area contributed by atoms with Crippen molar-refractivity contribution >= 4 is 29.0 Å². The van der Waals surface area contributed by atoms with Crippen LogP contribution < -0.4 is 4.90 Å². The highest BCUT2D eigenvalue weighted by atomic mass is 35.5. The molecular formula is C23H27ClFN5O2. The minimum absolute atomic E-state index is 0.0975. The minimum atomic E-state index is -0.557. The Morgan fingerprint density at radius 3 is 2.53 bits per heavy atom. The summed E-state index contributed by atoms with van der Waals surface area (Å²) in [4.78, 5) is 21.2. The zero-order valence-electron chi connectivity index (χ0n) is 18.8. The van der Waals surface area contributed by atoms with Gasteiger partial charge in [-0.05, 0) is 58.9 Å². The van der Waals surface area contributed by atoms with E-state index < -0.39 is 11.4 Å². The van der Waals surface area contributed by atoms with E-state index in [0.717, 1.165) is 0 Å². The fourth-order valence-corrected chi connectivity index (χ4v) is 4.28. The van der Waals surface area contributed by atoms with Crippen LogP contribution in [0.4, 0.5) is 15.0 Å². The van der Waals surface area contributed by atoms with E-state index in [1.807, 2.05) is 34.6 Å². The first-order valence-corrected chi connectivity index (χ1v) is 11.0. The largest absolute Gasteiger partial charge is 0.444 e. The van der Waals surface area contributed by atoms with Crippen LogP contribution in [0, 0.1) is 5.82 Å². The highest BCUT2D eigenvalue weighted by molar-refractivity contribution is 6.31. The lowest BCUT2D eigenvalue weighted by Gasteiger charge is -2.45. The Balaban J connectivity index is 1.62. The molecule has 7 nitrogen and oxygen atoms in total. The van der Waals surface area contributed by atoms with Gasteiger partial charge in [-0.2, -0.15) is 5.10 Å². The van der Waals surface area contributed by atoms with E-state index in [9.17, 15) is 9.18 Å². The second kappa shape index (κ2) is 8.24. The maximum atomic E-state index is 14.8. The Morgan fingerprint density at radius 1 is 1.19 bits per heavy atom. The fourth-order valence-electron chi connectivity index (χ4n) is 4.12. The first-order chi connectivity index (χ1) is 15.0. The number of hydrogen-bond acceptors (Lipinski definition) is 5. The molecule has 1 fully saturated rings. The molecule has 170 valence electrons. The predicted molar refractivity (Wildman–Crippen MR) is 123 cm³/mol. The SMILES string of the molecule is C[C@@H]1CN(c2ccc(F)c(-c3cnn4ccc(Cl)cc34)n2)C[C@H](C)N1C(=O)OC(C)(C)C. The number of nitrogens with zero attached hydrogens (tertiary/aromatic N) is 5. The second-order valence-electron chi connectivity index (χ2n) is 9.22. The normalized spacial score (nSPS) is 19.5. The Labute approximate surface area is 191 Å². The lowest BCUT2D eigenvalue weighted by molar-refractivity contribution is 0.00560. The molecule has 0 saturated carbocycles. The summed E-state index contributed by atoms with van der Waals surface area (Å²) in [6, 6.07) is 6.35. The molecule has 3 aromatic rings. The van der Waals surface area contributed by atoms with Gasteiger partial charge in [0.25, 0.3) is 0 Å². The molecule has 0 bridgehead atoms. The van der Waals surface area contributed by atoms with Crippen molar-refractivity contribution in [1.82, 2.24) is 19.5 Å². The number of carbonyl (C=O) groups is 1. The van der Waals surface area contributed by atoms with Gasteiger partial charge in [0.2, 0.25) is 0 Å². The van der Waals surface area contributed by atoms with Gasteiger partial charge in [-0.3, -0.25) is 4.90 Å². The molecule has 1 saturated heterocycles. The number of fused-ring (bicyclic) bond motifs is 1. The average Bonchev–Trinajstić information content (AvgIpc) is 3.09. The van der Waals surface area contributed by atoms with Crippen molar-refractivity contribution < 1.29 is 13.9 Å². The molecule has 1 aliphatic rings. The van der Waals surface area contributed by atoms with Gasteiger partial charge in [-0.1, -0.05) is 11.6 Å². The average molecular weight is 460 g/mol. The van der Waals surface area contributed by atoms with E-state index in [2.05, 4.69) is 15.0 Å². The number of carbonyl (C=O) groups excluding carboxylic acids is 1. The van der Waals surface area contributed by atoms with Gasteiger partial charge in [0.05, 0.1) is 23.8 Å². The van der Waals surface area contributed by atoms with Crippen LogP contribution in [0.1, 0.15) is 34.6 Å². The lowest BCUT2D eigenvalue weighted by atomic mass is 10.1. The summed E-state index contributed by atoms with van der Waals surface area (Å²) in [7, 11) is 0. The Morgan fingerprint density at radius 2 is 1.88 bits per heavy atom. The van der Waals surface area contributed by atoms with E-state index >= 15 is 0 Å². The number of pyridine rings is 2. The summed E-state index contributed by atoms with van der Waals surface area (Å²) in [6.45, 7) is 10.6. The molecule has 0 radical (unpaired) electrons. The first-order valence-electron chi connectivity index (χ1n) is 10.6. The topological polar surface area (TPSA) is 63.0 Å². The van der Waals surface area contributed by atoms with E-state index in [-0.39, 0.29) is 23.9 Å². The van der Waals surface area contributed by atoms with Crippen LogP contribution in [0.3, 0.4) is 0 Å². The number of ether oxygens (including phenoxy) is 1. The molecule has 2 atom stereocenters. The number of piperazine rings is 1. The van der Waals surface area contributed by atoms with Crippen molar-refractivity contribution in [3.8, 4) is 11.3 Å². The van der Waals surface area contributed by atoms with Crippen molar-refractivity contribution in [3.05, 3.63) is 47.5 Å². The second-order valence-corrected chi connectivity index (χ2v) is 9.66. The van der Waals surface area contributed by atoms with Crippen LogP contribution in [-0.4, -0.2) is 56.4 Å². The molecule has 3 aromatic heterocycles. The van der Waals surface area contributed by atoms with Crippen LogP contribution in [0.25, 0.3) is 16.8 Å². The zero-order chi connectivity index (χ0) is 23.2. The van der Waals surface area contributed by atoms with Gasteiger partial charge < -0.3 is 9.64 Å². The summed E-state index contributed by atoms with van der Waals surface area (Å²) in [5, 5.41) is 4.82. The quantitative estimate of drug-likeness (QED) is 0.538. The van der Waals surface area contributed by atoms with Crippen molar-refractivity contribution in [2.24, 2.45) is 0 Å². The molecule has 9 heteroatoms. The molecule has 0 unspecified atom stereocenters. The molecular weight excluding hydrogens is 433 g/mol. The van der Waals surface area contributed by atoms with Crippen LogP contribution in [0.15, 0.2) is 36.7 Å². The molecule has 1 aliphatic heterocycles. The van der Waals surface area contributed by atoms with Gasteiger partial charge in [-0.15, -0.1) is 0 Å². The van der Waals surface area contributed by atoms with Gasteiger partial charge in [0.1, 0.15) is 22.9 Å². The number of amides is 1. The monoisotopic (exact) mass is 459 g/mol. The summed E-state index contributed by atoms with van der Waals surface area (Å²) in [5.74, 6) is 0.211. The van der Waals surface area contributed by atoms with E-state index in [1.165, 1.54) is 6.07 Å². The van der Waals surface area contributed by atoms with E-state index in [4.69, 9.17) is 16.3 Å². The Bertz CT molecular complexity index is 1150. The summed E-state index contributed by atoms with van der Waals surface area (Å²) < 4.78 is 22.0. The van der Waals surface area contributed by atoms with Gasteiger partial charge in [0.15, 0.2) is 0 Å². The number of halogens is 2. The van der Waals surface area contributed by atoms with Crippen molar-refractivity contribution in [1.29, 1.82) is 0 Å². The maximum absolute atomic E-state index is 14.8. The van der Waals surface area contributed by atoms with Gasteiger partial charge in [-0.25, -0.2) is 18.7 Å². The Kier molecular flexibility index (Phi) is 5.75. The molecule has 1 amide bonds. The van der Waals surface area contributed by atoms with Gasteiger partial charge in [0, 0.05) is 29.9 Å². The molecule has 4 rings (SSSR count). The highest BCUT2D eigenvalue weighted by Gasteiger charge is 2.36. The highest BCUT2D eigenvalue weighted by Crippen LogP contribution is 2.30. The van der Waals surface area contributed by atoms with Crippen molar-refractivity contribution in [2.45, 2.75) is 52.3 Å². The Hall–Kier alpha value is -2.87. The summed E-state index contributed by atoms with van der Waals surface area (Å²) in [6.07, 6.45) is 2.99. The summed E-state index contributed by atoms with van der Waals surface area (Å²) in [5.41, 5.74) is 0.908. The summed E-state index contributed by atoms with van der Waals surface area (Å²) >= 11 is 6.13. The zero-order valence-corrected chi connectivity index (χ0v) is 19.6. The smallest absolute Gasteiger partial charge is 0.410 e. The van der Waals surface area contributed by atoms with Gasteiger partial charge >= 0.3 is 6.09 Å². The first kappa shape index (κ1) is 22.3. The standard InChI is InChI=1S/C23H27ClFN5O2/c1-14-12-28(13-15(2)30(14)22(31)32-23(3,4)5)20-7-6-18(25)21(27-20)17-11-26-29-9-8-16(24)10-19(17)29/h6-11,14-15H,12-13H2,1-5H3/t14-,15+. The molecule has 0 N–H and O–H groups in total. The minimum Gasteiger partial charge on any atom is -0.444 e. The third-order valence-electron chi connectivity index (χ3n) is 5.42. The van der Waals surface area contributed by atoms with Crippen molar-refractivity contribution in [2.75, 3.05) is 18.0 Å². The van der Waals surface area contributed by atoms with Crippen LogP contribution in [0.2, 0.25) is 5.02 Å². The van der Waals surface area contributed by atoms with Crippen LogP contribution in [-0.2, 0) is 4.74 Å². The number of hydrogen-bond donors (Lipinski definition) is 0. The molecule has 32 heavy (non-hydrogen) atoms. The van der Waals surface area contributed by atoms with Crippen LogP contribution >= 0.6 is 11.6 Å². The maximum Gasteiger partial charge on any atom is 0.410 e. The number of rotatable bonds is 2. The fraction of sp³-hybridized carbons (Fsp3) is 0.435. The molecule has 0 spiro atoms. The van der Waals surface area contributed by atoms with Crippen molar-refractivity contribution in [3.63, 3.8) is 0 Å². The van der Waals surface area contributed by atoms with E-state index in [0.29, 0.717) is 35.0 Å². The third-order valence-corrected chi connectivity index (χ3v) is 5.65. The van der Waals surface area contributed by atoms with E-state index in [1.54, 1.807) is 40.0 Å². The van der Waals surface area contributed by atoms with Crippen LogP contribution in [0.5, 0.6) is 0 Å². The third kappa shape index (κ3) is 4.37. The molecule has 0 aliphatic carbocycles. The molecule has 0 aromatic carbocycles. The number of aromatic nitrogens is 3. The molecule has 4 heterocycles. The predicted octanol–water partition coefficient (Wildman–Crippen LogP) is 5.02. The number of anilines is 1. The lowest BCUT2D eigenvalue weighted by Crippen LogP contribution is -2.59.